The van der Waals surface area contributed by atoms with Crippen molar-refractivity contribution in [3.8, 4) is 0 Å². The molecule has 7 heterocycles. The molecule has 1 spiro atoms. The van der Waals surface area contributed by atoms with Gasteiger partial charge in [-0.15, -0.1) is 0 Å². The van der Waals surface area contributed by atoms with Crippen LogP contribution in [0.25, 0.3) is 0 Å². The summed E-state index contributed by atoms with van der Waals surface area (Å²) in [4.78, 5) is 89.1. The minimum atomic E-state index is -4.72. The lowest BCUT2D eigenvalue weighted by atomic mass is 9.70. The number of esters is 1. The summed E-state index contributed by atoms with van der Waals surface area (Å²) < 4.78 is 67.6. The Hall–Kier alpha value is -5.24. The molecule has 3 atom stereocenters. The summed E-state index contributed by atoms with van der Waals surface area (Å²) in [6, 6.07) is 6.10. The first-order valence-corrected chi connectivity index (χ1v) is 25.8. The van der Waals surface area contributed by atoms with Crippen LogP contribution in [0.15, 0.2) is 36.7 Å². The molecule has 5 amide bonds. The van der Waals surface area contributed by atoms with Crippen LogP contribution in [-0.4, -0.2) is 168 Å². The predicted octanol–water partition coefficient (Wildman–Crippen LogP) is 5.82. The van der Waals surface area contributed by atoms with Crippen molar-refractivity contribution in [2.45, 2.75) is 134 Å². The summed E-state index contributed by atoms with van der Waals surface area (Å²) in [5.74, 6) is -3.62. The van der Waals surface area contributed by atoms with Crippen molar-refractivity contribution in [2.75, 3.05) is 72.7 Å². The summed E-state index contributed by atoms with van der Waals surface area (Å²) in [6.07, 6.45) is 3.08. The van der Waals surface area contributed by atoms with Gasteiger partial charge >= 0.3 is 18.2 Å². The number of nitrogens with one attached hydrogen (secondary N) is 1. The third-order valence-electron chi connectivity index (χ3n) is 16.8. The van der Waals surface area contributed by atoms with Crippen LogP contribution < -0.4 is 5.32 Å². The van der Waals surface area contributed by atoms with E-state index in [2.05, 4.69) is 10.4 Å². The molecule has 6 aliphatic heterocycles. The van der Waals surface area contributed by atoms with Crippen LogP contribution in [0.5, 0.6) is 0 Å². The molecule has 10 rings (SSSR count). The predicted molar refractivity (Wildman–Crippen MR) is 253 cm³/mol. The van der Waals surface area contributed by atoms with Gasteiger partial charge in [0.15, 0.2) is 0 Å². The number of nitrogens with zero attached hydrogens (tertiary/aromatic N) is 6. The molecular formula is C52H70F3N7O10. The van der Waals surface area contributed by atoms with E-state index < -0.39 is 64.4 Å². The third kappa shape index (κ3) is 10.4. The highest BCUT2D eigenvalue weighted by Gasteiger charge is 2.72. The van der Waals surface area contributed by atoms with Gasteiger partial charge in [0.05, 0.1) is 55.8 Å². The average Bonchev–Trinajstić information content (AvgIpc) is 3.91. The third-order valence-corrected chi connectivity index (χ3v) is 16.8. The number of ether oxygens (including phenoxy) is 4. The van der Waals surface area contributed by atoms with E-state index in [1.54, 1.807) is 39.7 Å². The Kier molecular flexibility index (Phi) is 14.3. The SMILES string of the molecule is COC(=O)c1ccccc1C1CCN(C(=O)[C@@H](NC(=O)[C@@H]2CN(C(=O)c3cnn(CC4CCN(C(=O)OC(C)(C)C)CC4)c3)CC23CN(C(=O)C2(C(F)(F)F)CC2)C3)[C@@H](C)OCC23CCC(CC2)OC3)CC1. The van der Waals surface area contributed by atoms with Gasteiger partial charge in [-0.2, -0.15) is 18.3 Å². The maximum Gasteiger partial charge on any atom is 0.410 e. The minimum absolute atomic E-state index is 0.00420. The first kappa shape index (κ1) is 51.7. The number of hydrogen-bond donors (Lipinski definition) is 1. The summed E-state index contributed by atoms with van der Waals surface area (Å²) in [5.41, 5.74) is -2.77. The zero-order chi connectivity index (χ0) is 51.4. The van der Waals surface area contributed by atoms with Gasteiger partial charge < -0.3 is 43.9 Å². The van der Waals surface area contributed by atoms with Gasteiger partial charge in [0.1, 0.15) is 17.1 Å². The second kappa shape index (κ2) is 19.9. The molecule has 8 fully saturated rings. The molecule has 1 aromatic carbocycles. The molecule has 20 heteroatoms. The van der Waals surface area contributed by atoms with E-state index in [1.807, 2.05) is 32.9 Å². The maximum atomic E-state index is 15.0. The first-order valence-electron chi connectivity index (χ1n) is 25.8. The van der Waals surface area contributed by atoms with Crippen molar-refractivity contribution in [1.82, 2.24) is 34.7 Å². The number of carbonyl (C=O) groups excluding carboxylic acids is 6. The molecule has 2 bridgehead atoms. The van der Waals surface area contributed by atoms with Crippen molar-refractivity contribution in [1.29, 1.82) is 0 Å². The summed E-state index contributed by atoms with van der Waals surface area (Å²) in [5, 5.41) is 7.53. The summed E-state index contributed by atoms with van der Waals surface area (Å²) in [7, 11) is 1.34. The Bertz CT molecular complexity index is 2360. The van der Waals surface area contributed by atoms with Crippen LogP contribution in [0.4, 0.5) is 18.0 Å². The van der Waals surface area contributed by atoms with Crippen molar-refractivity contribution >= 4 is 35.7 Å². The standard InChI is InChI=1S/C52H70F3N7O10/c1-33(70-31-49-16-10-37(11-17-49)71-32-49)41(44(65)58-22-14-35(15-23-58)38-8-6-7-9-39(38)45(66)69-5)57-42(63)40-27-60(28-50(40)29-61(30-50)46(67)51(18-19-51)52(53,54)55)43(64)36-24-56-62(26-36)25-34-12-20-59(21-13-34)47(68)72-48(2,3)4/h6-9,24,26,33-35,37,40-41H,10-23,25,27-32H2,1-5H3,(H,57,63)/t33-,37?,40+,41+,49?/m1/s1. The lowest BCUT2D eigenvalue weighted by Gasteiger charge is -2.51. The number of hydrogen-bond acceptors (Lipinski definition) is 11. The van der Waals surface area contributed by atoms with Crippen LogP contribution in [0, 0.1) is 28.1 Å². The summed E-state index contributed by atoms with van der Waals surface area (Å²) >= 11 is 0. The zero-order valence-corrected chi connectivity index (χ0v) is 42.2. The summed E-state index contributed by atoms with van der Waals surface area (Å²) in [6.45, 7) is 9.88. The lowest BCUT2D eigenvalue weighted by Crippen LogP contribution is -2.67. The quantitative estimate of drug-likeness (QED) is 0.239. The molecule has 0 radical (unpaired) electrons. The lowest BCUT2D eigenvalue weighted by molar-refractivity contribution is -0.205. The fraction of sp³-hybridized carbons (Fsp3) is 0.712. The Balaban J connectivity index is 0.914. The molecule has 2 aliphatic carbocycles. The maximum absolute atomic E-state index is 15.0. The molecule has 2 saturated carbocycles. The fourth-order valence-corrected chi connectivity index (χ4v) is 12.1. The number of piperidine rings is 2. The van der Waals surface area contributed by atoms with E-state index in [-0.39, 0.29) is 79.9 Å². The van der Waals surface area contributed by atoms with Gasteiger partial charge in [-0.3, -0.25) is 23.9 Å². The van der Waals surface area contributed by atoms with Crippen LogP contribution in [0.1, 0.15) is 124 Å². The topological polar surface area (TPSA) is 182 Å². The van der Waals surface area contributed by atoms with Crippen LogP contribution >= 0.6 is 0 Å². The Morgan fingerprint density at radius 2 is 1.51 bits per heavy atom. The van der Waals surface area contributed by atoms with Crippen molar-refractivity contribution < 1.29 is 60.9 Å². The van der Waals surface area contributed by atoms with E-state index in [1.165, 1.54) is 18.2 Å². The van der Waals surface area contributed by atoms with Crippen LogP contribution in [0.3, 0.4) is 0 Å². The monoisotopic (exact) mass is 1010 g/mol. The van der Waals surface area contributed by atoms with Gasteiger partial charge in [-0.05, 0) is 115 Å². The molecule has 0 unspecified atom stereocenters. The van der Waals surface area contributed by atoms with E-state index in [0.717, 1.165) is 36.1 Å². The number of rotatable bonds is 13. The van der Waals surface area contributed by atoms with Crippen molar-refractivity contribution in [3.05, 3.63) is 53.3 Å². The molecule has 8 aliphatic rings. The second-order valence-electron chi connectivity index (χ2n) is 22.9. The minimum Gasteiger partial charge on any atom is -0.465 e. The molecule has 72 heavy (non-hydrogen) atoms. The van der Waals surface area contributed by atoms with Crippen molar-refractivity contribution in [3.63, 3.8) is 0 Å². The number of methoxy groups -OCH3 is 1. The Morgan fingerprint density at radius 1 is 0.861 bits per heavy atom. The van der Waals surface area contributed by atoms with Crippen LogP contribution in [-0.2, 0) is 39.9 Å². The van der Waals surface area contributed by atoms with Gasteiger partial charge in [0, 0.05) is 75.9 Å². The van der Waals surface area contributed by atoms with E-state index in [9.17, 15) is 41.9 Å². The zero-order valence-electron chi connectivity index (χ0n) is 42.2. The van der Waals surface area contributed by atoms with Crippen LogP contribution in [0.2, 0.25) is 0 Å². The highest BCUT2D eigenvalue weighted by molar-refractivity contribution is 5.96. The normalized spacial score (nSPS) is 25.9. The molecule has 394 valence electrons. The average molecular weight is 1010 g/mol. The smallest absolute Gasteiger partial charge is 0.410 e. The number of likely N-dealkylation sites (tertiary alicyclic amines) is 4. The first-order chi connectivity index (χ1) is 34.1. The van der Waals surface area contributed by atoms with Gasteiger partial charge in [-0.25, -0.2) is 9.59 Å². The number of halogens is 3. The molecule has 1 N–H and O–H groups in total. The molecule has 1 aromatic heterocycles. The van der Waals surface area contributed by atoms with E-state index in [0.29, 0.717) is 77.2 Å². The highest BCUT2D eigenvalue weighted by Crippen LogP contribution is 2.60. The number of benzene rings is 1. The van der Waals surface area contributed by atoms with Crippen molar-refractivity contribution in [2.24, 2.45) is 28.1 Å². The molecule has 6 saturated heterocycles. The number of fused-ring (bicyclic) bond motifs is 3. The number of carbonyl (C=O) groups is 6. The van der Waals surface area contributed by atoms with Gasteiger partial charge in [0.25, 0.3) is 5.91 Å². The second-order valence-corrected chi connectivity index (χ2v) is 22.9. The van der Waals surface area contributed by atoms with E-state index in [4.69, 9.17) is 18.9 Å². The largest absolute Gasteiger partial charge is 0.465 e. The fourth-order valence-electron chi connectivity index (χ4n) is 12.1. The molecular weight excluding hydrogens is 940 g/mol. The number of aromatic nitrogens is 2. The Labute approximate surface area is 418 Å². The van der Waals surface area contributed by atoms with E-state index >= 15 is 0 Å². The highest BCUT2D eigenvalue weighted by atomic mass is 19.4. The molecule has 2 aromatic rings. The number of alkyl halides is 3. The molecule has 17 nitrogen and oxygen atoms in total. The Morgan fingerprint density at radius 3 is 2.12 bits per heavy atom. The van der Waals surface area contributed by atoms with Gasteiger partial charge in [0.2, 0.25) is 17.7 Å². The van der Waals surface area contributed by atoms with Gasteiger partial charge in [-0.1, -0.05) is 18.2 Å². The number of amides is 5.